The molecule has 0 bridgehead atoms. The van der Waals surface area contributed by atoms with Crippen molar-refractivity contribution in [2.75, 3.05) is 6.61 Å². The average Bonchev–Trinajstić information content (AvgIpc) is 2.03. The van der Waals surface area contributed by atoms with Crippen molar-refractivity contribution in [2.24, 2.45) is 0 Å². The van der Waals surface area contributed by atoms with Crippen LogP contribution in [0.15, 0.2) is 0 Å². The highest BCUT2D eigenvalue weighted by Crippen LogP contribution is 2.20. The van der Waals surface area contributed by atoms with Crippen molar-refractivity contribution in [3.05, 3.63) is 0 Å². The number of hydrogen-bond acceptors (Lipinski definition) is 2. The third-order valence-electron chi connectivity index (χ3n) is 2.13. The van der Waals surface area contributed by atoms with Crippen molar-refractivity contribution in [1.29, 1.82) is 0 Å². The van der Waals surface area contributed by atoms with Gasteiger partial charge in [0, 0.05) is 0 Å². The lowest BCUT2D eigenvalue weighted by atomic mass is 9.98. The van der Waals surface area contributed by atoms with E-state index < -0.39 is 0 Å². The number of hydrogen-bond donors (Lipinski definition) is 1. The van der Waals surface area contributed by atoms with Crippen LogP contribution in [0.3, 0.4) is 0 Å². The molecule has 2 heteroatoms. The summed E-state index contributed by atoms with van der Waals surface area (Å²) >= 11 is 0. The molecule has 0 spiro atoms. The summed E-state index contributed by atoms with van der Waals surface area (Å²) < 4.78 is 5.49. The Morgan fingerprint density at radius 3 is 2.55 bits per heavy atom. The highest BCUT2D eigenvalue weighted by atomic mass is 16.5. The van der Waals surface area contributed by atoms with Crippen LogP contribution in [0.4, 0.5) is 0 Å². The minimum atomic E-state index is -0.308. The van der Waals surface area contributed by atoms with Gasteiger partial charge in [0.15, 0.2) is 0 Å². The van der Waals surface area contributed by atoms with Gasteiger partial charge in [-0.05, 0) is 19.8 Å². The van der Waals surface area contributed by atoms with Gasteiger partial charge in [0.05, 0.1) is 18.8 Å². The van der Waals surface area contributed by atoms with Crippen LogP contribution < -0.4 is 0 Å². The van der Waals surface area contributed by atoms with Crippen LogP contribution in [0.5, 0.6) is 0 Å². The zero-order valence-corrected chi connectivity index (χ0v) is 7.25. The number of ether oxygens (including phenoxy) is 1. The second-order valence-corrected chi connectivity index (χ2v) is 3.44. The Morgan fingerprint density at radius 2 is 2.00 bits per heavy atom. The quantitative estimate of drug-likeness (QED) is 0.677. The van der Waals surface area contributed by atoms with E-state index in [9.17, 15) is 0 Å². The summed E-state index contributed by atoms with van der Waals surface area (Å²) in [5.74, 6) is 0. The molecule has 1 unspecified atom stereocenters. The highest BCUT2D eigenvalue weighted by Gasteiger charge is 2.13. The Morgan fingerprint density at radius 1 is 1.36 bits per heavy atom. The molecular formula is C9H18O2. The van der Waals surface area contributed by atoms with Gasteiger partial charge >= 0.3 is 0 Å². The summed E-state index contributed by atoms with van der Waals surface area (Å²) in [4.78, 5) is 0. The maximum Gasteiger partial charge on any atom is 0.0745 e. The first-order chi connectivity index (χ1) is 5.29. The SMILES string of the molecule is CC(O)COC1CCCCC1. The van der Waals surface area contributed by atoms with Crippen molar-refractivity contribution >= 4 is 0 Å². The smallest absolute Gasteiger partial charge is 0.0745 e. The fourth-order valence-corrected chi connectivity index (χ4v) is 1.51. The average molecular weight is 158 g/mol. The summed E-state index contributed by atoms with van der Waals surface area (Å²) in [6.07, 6.45) is 6.44. The fraction of sp³-hybridized carbons (Fsp3) is 1.00. The summed E-state index contributed by atoms with van der Waals surface area (Å²) in [7, 11) is 0. The van der Waals surface area contributed by atoms with Gasteiger partial charge in [-0.2, -0.15) is 0 Å². The first-order valence-electron chi connectivity index (χ1n) is 4.58. The van der Waals surface area contributed by atoms with Crippen LogP contribution in [0, 0.1) is 0 Å². The molecule has 1 aliphatic rings. The molecule has 11 heavy (non-hydrogen) atoms. The van der Waals surface area contributed by atoms with Gasteiger partial charge in [-0.1, -0.05) is 19.3 Å². The Bertz CT molecular complexity index is 95.7. The number of aliphatic hydroxyl groups is 1. The topological polar surface area (TPSA) is 29.5 Å². The van der Waals surface area contributed by atoms with Gasteiger partial charge in [0.2, 0.25) is 0 Å². The van der Waals surface area contributed by atoms with E-state index >= 15 is 0 Å². The normalized spacial score (nSPS) is 23.5. The van der Waals surface area contributed by atoms with Crippen LogP contribution in [-0.2, 0) is 4.74 Å². The summed E-state index contributed by atoms with van der Waals surface area (Å²) in [6.45, 7) is 2.27. The van der Waals surface area contributed by atoms with Gasteiger partial charge in [-0.25, -0.2) is 0 Å². The molecule has 66 valence electrons. The van der Waals surface area contributed by atoms with Crippen LogP contribution in [0.2, 0.25) is 0 Å². The second-order valence-electron chi connectivity index (χ2n) is 3.44. The molecule has 0 amide bonds. The van der Waals surface area contributed by atoms with Crippen LogP contribution in [-0.4, -0.2) is 23.9 Å². The molecule has 1 rings (SSSR count). The van der Waals surface area contributed by atoms with Crippen molar-refractivity contribution in [2.45, 2.75) is 51.2 Å². The first kappa shape index (κ1) is 9.01. The molecule has 1 aliphatic carbocycles. The van der Waals surface area contributed by atoms with Crippen LogP contribution in [0.25, 0.3) is 0 Å². The molecule has 0 aromatic heterocycles. The fourth-order valence-electron chi connectivity index (χ4n) is 1.51. The lowest BCUT2D eigenvalue weighted by Gasteiger charge is -2.22. The summed E-state index contributed by atoms with van der Waals surface area (Å²) in [5.41, 5.74) is 0. The molecule has 1 atom stereocenters. The monoisotopic (exact) mass is 158 g/mol. The van der Waals surface area contributed by atoms with E-state index in [1.807, 2.05) is 0 Å². The highest BCUT2D eigenvalue weighted by molar-refractivity contribution is 4.65. The lowest BCUT2D eigenvalue weighted by Crippen LogP contribution is -2.21. The molecule has 0 aromatic rings. The molecule has 0 aliphatic heterocycles. The predicted molar refractivity (Wildman–Crippen MR) is 44.5 cm³/mol. The summed E-state index contributed by atoms with van der Waals surface area (Å²) in [6, 6.07) is 0. The molecule has 0 saturated heterocycles. The predicted octanol–water partition coefficient (Wildman–Crippen LogP) is 1.72. The maximum atomic E-state index is 8.96. The zero-order chi connectivity index (χ0) is 8.10. The minimum Gasteiger partial charge on any atom is -0.391 e. The van der Waals surface area contributed by atoms with Crippen LogP contribution >= 0.6 is 0 Å². The Balaban J connectivity index is 2.05. The standard InChI is InChI=1S/C9H18O2/c1-8(10)7-11-9-5-3-2-4-6-9/h8-10H,2-7H2,1H3. The number of rotatable bonds is 3. The van der Waals surface area contributed by atoms with E-state index in [0.29, 0.717) is 12.7 Å². The van der Waals surface area contributed by atoms with Crippen molar-refractivity contribution in [3.8, 4) is 0 Å². The molecule has 2 nitrogen and oxygen atoms in total. The number of aliphatic hydroxyl groups excluding tert-OH is 1. The summed E-state index contributed by atoms with van der Waals surface area (Å²) in [5, 5.41) is 8.96. The van der Waals surface area contributed by atoms with E-state index in [0.717, 1.165) is 0 Å². The Labute approximate surface area is 68.6 Å². The maximum absolute atomic E-state index is 8.96. The van der Waals surface area contributed by atoms with E-state index in [2.05, 4.69) is 0 Å². The molecule has 1 saturated carbocycles. The third kappa shape index (κ3) is 3.73. The van der Waals surface area contributed by atoms with Gasteiger partial charge < -0.3 is 9.84 Å². The van der Waals surface area contributed by atoms with Gasteiger partial charge in [-0.15, -0.1) is 0 Å². The molecule has 1 N–H and O–H groups in total. The molecule has 0 radical (unpaired) electrons. The van der Waals surface area contributed by atoms with E-state index in [-0.39, 0.29) is 6.10 Å². The Kier molecular flexibility index (Phi) is 3.87. The first-order valence-corrected chi connectivity index (χ1v) is 4.58. The van der Waals surface area contributed by atoms with Gasteiger partial charge in [0.1, 0.15) is 0 Å². The minimum absolute atomic E-state index is 0.308. The van der Waals surface area contributed by atoms with Gasteiger partial charge in [0.25, 0.3) is 0 Å². The van der Waals surface area contributed by atoms with Crippen molar-refractivity contribution < 1.29 is 9.84 Å². The molecule has 0 heterocycles. The Hall–Kier alpha value is -0.0800. The van der Waals surface area contributed by atoms with Crippen molar-refractivity contribution in [3.63, 3.8) is 0 Å². The van der Waals surface area contributed by atoms with Crippen molar-refractivity contribution in [1.82, 2.24) is 0 Å². The zero-order valence-electron chi connectivity index (χ0n) is 7.25. The third-order valence-corrected chi connectivity index (χ3v) is 2.13. The lowest BCUT2D eigenvalue weighted by molar-refractivity contribution is -0.0179. The van der Waals surface area contributed by atoms with E-state index in [1.54, 1.807) is 6.92 Å². The largest absolute Gasteiger partial charge is 0.391 e. The second kappa shape index (κ2) is 4.73. The van der Waals surface area contributed by atoms with E-state index in [1.165, 1.54) is 32.1 Å². The molecule has 1 fully saturated rings. The van der Waals surface area contributed by atoms with Crippen LogP contribution in [0.1, 0.15) is 39.0 Å². The van der Waals surface area contributed by atoms with E-state index in [4.69, 9.17) is 9.84 Å². The van der Waals surface area contributed by atoms with Gasteiger partial charge in [-0.3, -0.25) is 0 Å². The molecule has 0 aromatic carbocycles. The molecular weight excluding hydrogens is 140 g/mol.